The average molecular weight is 268 g/mol. The molecule has 0 aromatic heterocycles. The first-order valence-electron chi connectivity index (χ1n) is 6.46. The minimum absolute atomic E-state index is 0.108. The number of hydrogen-bond acceptors (Lipinski definition) is 3. The lowest BCUT2D eigenvalue weighted by Gasteiger charge is -2.23. The number of benzene rings is 1. The van der Waals surface area contributed by atoms with Crippen LogP contribution in [0.1, 0.15) is 26.3 Å². The maximum Gasteiger partial charge on any atom is 0.263 e. The van der Waals surface area contributed by atoms with Crippen molar-refractivity contribution in [1.82, 2.24) is 4.90 Å². The molecule has 0 radical (unpaired) electrons. The monoisotopic (exact) mass is 268 g/mol. The van der Waals surface area contributed by atoms with E-state index in [0.717, 1.165) is 0 Å². The topological polar surface area (TPSA) is 55.6 Å². The predicted molar refractivity (Wildman–Crippen MR) is 72.3 cm³/mol. The smallest absolute Gasteiger partial charge is 0.263 e. The number of nitrogens with two attached hydrogens (primary N) is 1. The fraction of sp³-hybridized carbons (Fsp3) is 0.500. The molecule has 0 aliphatic heterocycles. The van der Waals surface area contributed by atoms with Crippen molar-refractivity contribution in [3.8, 4) is 5.75 Å². The quantitative estimate of drug-likeness (QED) is 0.857. The summed E-state index contributed by atoms with van der Waals surface area (Å²) in [6, 6.07) is 4.25. The fourth-order valence-electron chi connectivity index (χ4n) is 1.85. The van der Waals surface area contributed by atoms with Crippen molar-refractivity contribution in [2.75, 3.05) is 13.1 Å². The lowest BCUT2D eigenvalue weighted by atomic mass is 10.2. The molecule has 5 heteroatoms. The van der Waals surface area contributed by atoms with E-state index >= 15 is 0 Å². The van der Waals surface area contributed by atoms with Crippen LogP contribution >= 0.6 is 0 Å². The van der Waals surface area contributed by atoms with Crippen molar-refractivity contribution >= 4 is 5.91 Å². The zero-order chi connectivity index (χ0) is 14.4. The Morgan fingerprint density at radius 3 is 2.53 bits per heavy atom. The number of carbonyl (C=O) groups excluding carboxylic acids is 1. The molecule has 2 N–H and O–H groups in total. The van der Waals surface area contributed by atoms with Gasteiger partial charge >= 0.3 is 0 Å². The Morgan fingerprint density at radius 1 is 1.37 bits per heavy atom. The van der Waals surface area contributed by atoms with E-state index in [4.69, 9.17) is 10.5 Å². The summed E-state index contributed by atoms with van der Waals surface area (Å²) in [5.41, 5.74) is 6.11. The Balaban J connectivity index is 2.78. The van der Waals surface area contributed by atoms with Crippen molar-refractivity contribution in [2.45, 2.75) is 33.4 Å². The molecule has 1 unspecified atom stereocenters. The molecule has 1 amide bonds. The molecular weight excluding hydrogens is 247 g/mol. The third-order valence-corrected chi connectivity index (χ3v) is 2.90. The fourth-order valence-corrected chi connectivity index (χ4v) is 1.85. The highest BCUT2D eigenvalue weighted by atomic mass is 19.1. The molecule has 0 fully saturated rings. The number of rotatable bonds is 6. The summed E-state index contributed by atoms with van der Waals surface area (Å²) in [6.45, 7) is 6.95. The first-order valence-corrected chi connectivity index (χ1v) is 6.46. The summed E-state index contributed by atoms with van der Waals surface area (Å²) in [6.07, 6.45) is -0.646. The summed E-state index contributed by atoms with van der Waals surface area (Å²) < 4.78 is 18.8. The Labute approximate surface area is 113 Å². The van der Waals surface area contributed by atoms with Gasteiger partial charge < -0.3 is 15.4 Å². The van der Waals surface area contributed by atoms with Gasteiger partial charge in [0.15, 0.2) is 6.10 Å². The van der Waals surface area contributed by atoms with Crippen molar-refractivity contribution < 1.29 is 13.9 Å². The molecule has 1 aromatic carbocycles. The molecular formula is C14H21FN2O2. The Kier molecular flexibility index (Phi) is 5.76. The Morgan fingerprint density at radius 2 is 2.00 bits per heavy atom. The third-order valence-electron chi connectivity index (χ3n) is 2.90. The predicted octanol–water partition coefficient (Wildman–Crippen LogP) is 1.92. The van der Waals surface area contributed by atoms with E-state index in [0.29, 0.717) is 24.4 Å². The van der Waals surface area contributed by atoms with Gasteiger partial charge in [-0.05, 0) is 38.5 Å². The van der Waals surface area contributed by atoms with Crippen molar-refractivity contribution in [1.29, 1.82) is 0 Å². The number of ether oxygens (including phenoxy) is 1. The van der Waals surface area contributed by atoms with E-state index in [9.17, 15) is 9.18 Å². The van der Waals surface area contributed by atoms with E-state index in [1.54, 1.807) is 17.9 Å². The highest BCUT2D eigenvalue weighted by Gasteiger charge is 2.20. The van der Waals surface area contributed by atoms with E-state index in [1.165, 1.54) is 12.1 Å². The van der Waals surface area contributed by atoms with E-state index < -0.39 is 11.9 Å². The number of carbonyl (C=O) groups is 1. The van der Waals surface area contributed by atoms with Crippen LogP contribution in [0.25, 0.3) is 0 Å². The molecule has 0 saturated carbocycles. The lowest BCUT2D eigenvalue weighted by molar-refractivity contribution is -0.137. The summed E-state index contributed by atoms with van der Waals surface area (Å²) >= 11 is 0. The van der Waals surface area contributed by atoms with Crippen molar-refractivity contribution in [3.05, 3.63) is 29.6 Å². The standard InChI is InChI=1S/C14H21FN2O2/c1-4-17(5-2)14(18)10(3)19-13-7-11(9-16)6-12(15)8-13/h6-8,10H,4-5,9,16H2,1-3H3. The van der Waals surface area contributed by atoms with E-state index in [2.05, 4.69) is 0 Å². The van der Waals surface area contributed by atoms with Crippen LogP contribution in [0.2, 0.25) is 0 Å². The van der Waals surface area contributed by atoms with E-state index in [1.807, 2.05) is 13.8 Å². The number of nitrogens with zero attached hydrogens (tertiary/aromatic N) is 1. The van der Waals surface area contributed by atoms with Gasteiger partial charge in [0.05, 0.1) is 0 Å². The zero-order valence-corrected chi connectivity index (χ0v) is 11.6. The molecule has 1 atom stereocenters. The largest absolute Gasteiger partial charge is 0.481 e. The summed E-state index contributed by atoms with van der Waals surface area (Å²) in [4.78, 5) is 13.7. The Bertz CT molecular complexity index is 433. The number of likely N-dealkylation sites (N-methyl/N-ethyl adjacent to an activating group) is 1. The maximum atomic E-state index is 13.3. The SMILES string of the molecule is CCN(CC)C(=O)C(C)Oc1cc(F)cc(CN)c1. The molecule has 0 spiro atoms. The van der Waals surface area contributed by atoms with Crippen LogP contribution < -0.4 is 10.5 Å². The van der Waals surface area contributed by atoms with Gasteiger partial charge in [-0.2, -0.15) is 0 Å². The summed E-state index contributed by atoms with van der Waals surface area (Å²) in [7, 11) is 0. The first kappa shape index (κ1) is 15.4. The molecule has 4 nitrogen and oxygen atoms in total. The van der Waals surface area contributed by atoms with Gasteiger partial charge in [-0.1, -0.05) is 0 Å². The highest BCUT2D eigenvalue weighted by molar-refractivity contribution is 5.80. The minimum Gasteiger partial charge on any atom is -0.481 e. The van der Waals surface area contributed by atoms with Gasteiger partial charge in [0.1, 0.15) is 11.6 Å². The van der Waals surface area contributed by atoms with Crippen LogP contribution in [-0.2, 0) is 11.3 Å². The second-order valence-corrected chi connectivity index (χ2v) is 4.27. The van der Waals surface area contributed by atoms with Crippen LogP contribution in [-0.4, -0.2) is 30.0 Å². The van der Waals surface area contributed by atoms with Gasteiger partial charge in [0.2, 0.25) is 0 Å². The molecule has 0 saturated heterocycles. The minimum atomic E-state index is -0.646. The molecule has 0 aliphatic rings. The van der Waals surface area contributed by atoms with E-state index in [-0.39, 0.29) is 12.5 Å². The summed E-state index contributed by atoms with van der Waals surface area (Å²) in [5.74, 6) is -0.197. The Hall–Kier alpha value is -1.62. The lowest BCUT2D eigenvalue weighted by Crippen LogP contribution is -2.40. The van der Waals surface area contributed by atoms with Crippen molar-refractivity contribution in [2.24, 2.45) is 5.73 Å². The molecule has 19 heavy (non-hydrogen) atoms. The number of hydrogen-bond donors (Lipinski definition) is 1. The molecule has 1 aromatic rings. The maximum absolute atomic E-state index is 13.3. The van der Waals surface area contributed by atoms with Crippen LogP contribution in [0.15, 0.2) is 18.2 Å². The first-order chi connectivity index (χ1) is 9.01. The zero-order valence-electron chi connectivity index (χ0n) is 11.6. The highest BCUT2D eigenvalue weighted by Crippen LogP contribution is 2.18. The molecule has 1 rings (SSSR count). The molecule has 0 bridgehead atoms. The van der Waals surface area contributed by atoms with Gasteiger partial charge in [-0.25, -0.2) is 4.39 Å². The summed E-state index contributed by atoms with van der Waals surface area (Å²) in [5, 5.41) is 0. The van der Waals surface area contributed by atoms with Gasteiger partial charge in [-0.3, -0.25) is 4.79 Å². The van der Waals surface area contributed by atoms with Crippen LogP contribution in [0.5, 0.6) is 5.75 Å². The van der Waals surface area contributed by atoms with Gasteiger partial charge in [0, 0.05) is 25.7 Å². The molecule has 0 heterocycles. The van der Waals surface area contributed by atoms with Gasteiger partial charge in [-0.15, -0.1) is 0 Å². The number of halogens is 1. The molecule has 0 aliphatic carbocycles. The normalized spacial score (nSPS) is 12.1. The second kappa shape index (κ2) is 7.09. The second-order valence-electron chi connectivity index (χ2n) is 4.27. The van der Waals surface area contributed by atoms with Crippen LogP contribution in [0.4, 0.5) is 4.39 Å². The van der Waals surface area contributed by atoms with Gasteiger partial charge in [0.25, 0.3) is 5.91 Å². The molecule has 106 valence electrons. The van der Waals surface area contributed by atoms with Crippen molar-refractivity contribution in [3.63, 3.8) is 0 Å². The van der Waals surface area contributed by atoms with Crippen LogP contribution in [0, 0.1) is 5.82 Å². The number of amides is 1. The van der Waals surface area contributed by atoms with Crippen LogP contribution in [0.3, 0.4) is 0 Å². The third kappa shape index (κ3) is 4.21. The average Bonchev–Trinajstić information content (AvgIpc) is 2.39.